The molecule has 1 heterocycles. The Hall–Kier alpha value is -1.76. The predicted octanol–water partition coefficient (Wildman–Crippen LogP) is 3.32. The summed E-state index contributed by atoms with van der Waals surface area (Å²) < 4.78 is 27.4. The largest absolute Gasteiger partial charge is 0.305 e. The van der Waals surface area contributed by atoms with Crippen LogP contribution in [0.2, 0.25) is 0 Å². The maximum Gasteiger partial charge on any atom is 0.262 e. The molecule has 0 aliphatic rings. The molecule has 19 heavy (non-hydrogen) atoms. The van der Waals surface area contributed by atoms with Crippen molar-refractivity contribution in [1.29, 1.82) is 0 Å². The average Bonchev–Trinajstić information content (AvgIpc) is 2.59. The predicted molar refractivity (Wildman–Crippen MR) is 70.1 cm³/mol. The summed E-state index contributed by atoms with van der Waals surface area (Å²) in [7, 11) is 0. The SMILES string of the molecule is Cc1[nH]nc(NC(=O)c2c(F)cc(Br)cc2F)c1C. The molecule has 2 rings (SSSR count). The summed E-state index contributed by atoms with van der Waals surface area (Å²) in [6.07, 6.45) is 0. The van der Waals surface area contributed by atoms with Crippen molar-refractivity contribution in [2.24, 2.45) is 0 Å². The fraction of sp³-hybridized carbons (Fsp3) is 0.167. The number of carbonyl (C=O) groups is 1. The van der Waals surface area contributed by atoms with Gasteiger partial charge in [-0.2, -0.15) is 5.10 Å². The zero-order valence-corrected chi connectivity index (χ0v) is 11.7. The van der Waals surface area contributed by atoms with Gasteiger partial charge in [0, 0.05) is 15.7 Å². The molecule has 4 nitrogen and oxygen atoms in total. The lowest BCUT2D eigenvalue weighted by Crippen LogP contribution is -2.16. The van der Waals surface area contributed by atoms with Crippen molar-refractivity contribution in [2.75, 3.05) is 5.32 Å². The molecule has 0 fully saturated rings. The summed E-state index contributed by atoms with van der Waals surface area (Å²) in [5.41, 5.74) is 0.849. The smallest absolute Gasteiger partial charge is 0.262 e. The standard InChI is InChI=1S/C12H10BrF2N3O/c1-5-6(2)17-18-11(5)16-12(19)10-8(14)3-7(13)4-9(10)15/h3-4H,1-2H3,(H2,16,17,18,19). The number of carbonyl (C=O) groups excluding carboxylic acids is 1. The minimum absolute atomic E-state index is 0.228. The van der Waals surface area contributed by atoms with Crippen molar-refractivity contribution in [3.05, 3.63) is 45.1 Å². The first kappa shape index (κ1) is 13.7. The highest BCUT2D eigenvalue weighted by Crippen LogP contribution is 2.21. The second kappa shape index (κ2) is 5.08. The minimum Gasteiger partial charge on any atom is -0.305 e. The molecular weight excluding hydrogens is 320 g/mol. The van der Waals surface area contributed by atoms with E-state index in [4.69, 9.17) is 0 Å². The van der Waals surface area contributed by atoms with Crippen LogP contribution in [0, 0.1) is 25.5 Å². The number of hydrogen-bond donors (Lipinski definition) is 2. The Labute approximate surface area is 116 Å². The van der Waals surface area contributed by atoms with Gasteiger partial charge >= 0.3 is 0 Å². The molecule has 1 aromatic carbocycles. The van der Waals surface area contributed by atoms with Gasteiger partial charge in [-0.1, -0.05) is 15.9 Å². The molecule has 7 heteroatoms. The average molecular weight is 330 g/mol. The lowest BCUT2D eigenvalue weighted by atomic mass is 10.2. The van der Waals surface area contributed by atoms with E-state index in [0.717, 1.165) is 17.8 Å². The third kappa shape index (κ3) is 2.65. The topological polar surface area (TPSA) is 57.8 Å². The van der Waals surface area contributed by atoms with Crippen molar-refractivity contribution >= 4 is 27.7 Å². The Kier molecular flexibility index (Phi) is 3.66. The molecule has 0 bridgehead atoms. The van der Waals surface area contributed by atoms with Gasteiger partial charge in [-0.15, -0.1) is 0 Å². The van der Waals surface area contributed by atoms with Crippen molar-refractivity contribution in [3.8, 4) is 0 Å². The molecule has 0 radical (unpaired) electrons. The number of aryl methyl sites for hydroxylation is 1. The molecule has 0 atom stereocenters. The zero-order valence-electron chi connectivity index (χ0n) is 10.1. The summed E-state index contributed by atoms with van der Waals surface area (Å²) in [5, 5.41) is 8.89. The first-order valence-electron chi connectivity index (χ1n) is 5.37. The molecule has 0 aliphatic carbocycles. The number of anilines is 1. The van der Waals surface area contributed by atoms with Gasteiger partial charge in [-0.25, -0.2) is 8.78 Å². The quantitative estimate of drug-likeness (QED) is 0.887. The maximum atomic E-state index is 13.6. The summed E-state index contributed by atoms with van der Waals surface area (Å²) in [5.74, 6) is -2.50. The Morgan fingerprint density at radius 1 is 1.32 bits per heavy atom. The van der Waals surface area contributed by atoms with Crippen LogP contribution in [-0.4, -0.2) is 16.1 Å². The fourth-order valence-electron chi connectivity index (χ4n) is 1.54. The number of H-pyrrole nitrogens is 1. The molecule has 0 spiro atoms. The highest BCUT2D eigenvalue weighted by atomic mass is 79.9. The number of amides is 1. The highest BCUT2D eigenvalue weighted by Gasteiger charge is 2.20. The Balaban J connectivity index is 2.33. The van der Waals surface area contributed by atoms with Gasteiger partial charge in [0.05, 0.1) is 0 Å². The van der Waals surface area contributed by atoms with Gasteiger partial charge in [0.25, 0.3) is 5.91 Å². The van der Waals surface area contributed by atoms with Crippen LogP contribution < -0.4 is 5.32 Å². The Morgan fingerprint density at radius 2 is 1.89 bits per heavy atom. The van der Waals surface area contributed by atoms with Gasteiger partial charge < -0.3 is 5.32 Å². The van der Waals surface area contributed by atoms with Crippen LogP contribution in [0.3, 0.4) is 0 Å². The molecule has 100 valence electrons. The van der Waals surface area contributed by atoms with Crippen LogP contribution in [0.25, 0.3) is 0 Å². The number of nitrogens with one attached hydrogen (secondary N) is 2. The number of hydrogen-bond acceptors (Lipinski definition) is 2. The number of aromatic amines is 1. The Morgan fingerprint density at radius 3 is 2.37 bits per heavy atom. The third-order valence-electron chi connectivity index (χ3n) is 2.72. The number of rotatable bonds is 2. The van der Waals surface area contributed by atoms with E-state index in [1.54, 1.807) is 13.8 Å². The molecular formula is C12H10BrF2N3O. The zero-order chi connectivity index (χ0) is 14.2. The maximum absolute atomic E-state index is 13.6. The molecule has 0 saturated carbocycles. The number of nitrogens with zero attached hydrogens (tertiary/aromatic N) is 1. The van der Waals surface area contributed by atoms with Crippen LogP contribution in [0.15, 0.2) is 16.6 Å². The van der Waals surface area contributed by atoms with Gasteiger partial charge in [0.15, 0.2) is 5.82 Å². The summed E-state index contributed by atoms with van der Waals surface area (Å²) in [6, 6.07) is 2.06. The summed E-state index contributed by atoms with van der Waals surface area (Å²) in [6.45, 7) is 3.52. The van der Waals surface area contributed by atoms with E-state index in [0.29, 0.717) is 5.56 Å². The van der Waals surface area contributed by atoms with E-state index in [1.165, 1.54) is 0 Å². The number of benzene rings is 1. The van der Waals surface area contributed by atoms with Crippen LogP contribution in [0.5, 0.6) is 0 Å². The lowest BCUT2D eigenvalue weighted by Gasteiger charge is -2.06. The van der Waals surface area contributed by atoms with Crippen LogP contribution >= 0.6 is 15.9 Å². The van der Waals surface area contributed by atoms with E-state index in [9.17, 15) is 13.6 Å². The summed E-state index contributed by atoms with van der Waals surface area (Å²) >= 11 is 2.95. The molecule has 1 aromatic heterocycles. The van der Waals surface area contributed by atoms with E-state index in [1.807, 2.05) is 0 Å². The molecule has 0 aliphatic heterocycles. The molecule has 2 aromatic rings. The van der Waals surface area contributed by atoms with Crippen molar-refractivity contribution < 1.29 is 13.6 Å². The first-order chi connectivity index (χ1) is 8.90. The van der Waals surface area contributed by atoms with Gasteiger partial charge in [-0.3, -0.25) is 9.89 Å². The van der Waals surface area contributed by atoms with Gasteiger partial charge in [-0.05, 0) is 26.0 Å². The van der Waals surface area contributed by atoms with Gasteiger partial charge in [0.1, 0.15) is 17.2 Å². The lowest BCUT2D eigenvalue weighted by molar-refractivity contribution is 0.101. The molecule has 1 amide bonds. The molecule has 0 unspecified atom stereocenters. The van der Waals surface area contributed by atoms with E-state index in [2.05, 4.69) is 31.4 Å². The van der Waals surface area contributed by atoms with Crippen molar-refractivity contribution in [2.45, 2.75) is 13.8 Å². The normalized spacial score (nSPS) is 10.6. The minimum atomic E-state index is -0.936. The fourth-order valence-corrected chi connectivity index (χ4v) is 1.94. The van der Waals surface area contributed by atoms with E-state index < -0.39 is 23.1 Å². The van der Waals surface area contributed by atoms with Crippen LogP contribution in [0.4, 0.5) is 14.6 Å². The van der Waals surface area contributed by atoms with Crippen LogP contribution in [-0.2, 0) is 0 Å². The second-order valence-corrected chi connectivity index (χ2v) is 4.94. The third-order valence-corrected chi connectivity index (χ3v) is 3.18. The van der Waals surface area contributed by atoms with Crippen molar-refractivity contribution in [1.82, 2.24) is 10.2 Å². The number of halogens is 3. The van der Waals surface area contributed by atoms with Gasteiger partial charge in [0.2, 0.25) is 0 Å². The highest BCUT2D eigenvalue weighted by molar-refractivity contribution is 9.10. The summed E-state index contributed by atoms with van der Waals surface area (Å²) in [4.78, 5) is 11.9. The molecule has 2 N–H and O–H groups in total. The Bertz CT molecular complexity index is 631. The first-order valence-corrected chi connectivity index (χ1v) is 6.17. The van der Waals surface area contributed by atoms with E-state index >= 15 is 0 Å². The van der Waals surface area contributed by atoms with Crippen LogP contribution in [0.1, 0.15) is 21.6 Å². The van der Waals surface area contributed by atoms with E-state index in [-0.39, 0.29) is 10.3 Å². The van der Waals surface area contributed by atoms with Crippen molar-refractivity contribution in [3.63, 3.8) is 0 Å². The monoisotopic (exact) mass is 329 g/mol. The molecule has 0 saturated heterocycles. The second-order valence-electron chi connectivity index (χ2n) is 4.02. The number of aromatic nitrogens is 2.